The van der Waals surface area contributed by atoms with Crippen molar-refractivity contribution in [3.8, 4) is 5.75 Å². The first kappa shape index (κ1) is 9.91. The minimum absolute atomic E-state index is 0.0108. The minimum atomic E-state index is -2.93. The molecule has 1 aromatic carbocycles. The van der Waals surface area contributed by atoms with E-state index in [4.69, 9.17) is 0 Å². The van der Waals surface area contributed by atoms with Gasteiger partial charge in [0.05, 0.1) is 4.90 Å². The SMILES string of the molecule is O=[SH](=O)c1c[c]c(OC(F)F)cc1. The Morgan fingerprint density at radius 1 is 1.38 bits per heavy atom. The Kier molecular flexibility index (Phi) is 3.18. The van der Waals surface area contributed by atoms with E-state index in [2.05, 4.69) is 10.8 Å². The summed E-state index contributed by atoms with van der Waals surface area (Å²) in [5.41, 5.74) is 0. The third-order valence-corrected chi connectivity index (χ3v) is 1.89. The van der Waals surface area contributed by atoms with E-state index in [1.54, 1.807) is 0 Å². The Morgan fingerprint density at radius 2 is 2.08 bits per heavy atom. The smallest absolute Gasteiger partial charge is 0.387 e. The van der Waals surface area contributed by atoms with Gasteiger partial charge in [0.2, 0.25) is 0 Å². The molecule has 0 aliphatic heterocycles. The lowest BCUT2D eigenvalue weighted by molar-refractivity contribution is -0.0500. The number of thiol groups is 1. The Hall–Kier alpha value is -1.17. The molecule has 6 heteroatoms. The number of benzene rings is 1. The first-order chi connectivity index (χ1) is 6.09. The van der Waals surface area contributed by atoms with Gasteiger partial charge in [0.15, 0.2) is 10.7 Å². The van der Waals surface area contributed by atoms with Crippen LogP contribution in [0, 0.1) is 6.07 Å². The highest BCUT2D eigenvalue weighted by molar-refractivity contribution is 7.72. The van der Waals surface area contributed by atoms with E-state index in [-0.39, 0.29) is 10.6 Å². The molecule has 0 aliphatic rings. The highest BCUT2D eigenvalue weighted by Crippen LogP contribution is 2.14. The molecule has 0 unspecified atom stereocenters. The quantitative estimate of drug-likeness (QED) is 0.753. The van der Waals surface area contributed by atoms with Crippen molar-refractivity contribution in [3.63, 3.8) is 0 Å². The van der Waals surface area contributed by atoms with Crippen LogP contribution in [0.3, 0.4) is 0 Å². The van der Waals surface area contributed by atoms with Gasteiger partial charge in [-0.1, -0.05) is 0 Å². The number of hydrogen-bond donors (Lipinski definition) is 1. The lowest BCUT2D eigenvalue weighted by Gasteiger charge is -2.02. The molecule has 0 saturated heterocycles. The van der Waals surface area contributed by atoms with Gasteiger partial charge in [-0.05, 0) is 18.2 Å². The molecule has 0 amide bonds. The van der Waals surface area contributed by atoms with Crippen LogP contribution in [0.5, 0.6) is 5.75 Å². The van der Waals surface area contributed by atoms with E-state index in [0.717, 1.165) is 12.1 Å². The van der Waals surface area contributed by atoms with Crippen LogP contribution >= 0.6 is 0 Å². The second-order valence-corrected chi connectivity index (χ2v) is 3.08. The first-order valence-electron chi connectivity index (χ1n) is 3.20. The Balaban J connectivity index is 2.81. The summed E-state index contributed by atoms with van der Waals surface area (Å²) in [5.74, 6) is -0.185. The summed E-state index contributed by atoms with van der Waals surface area (Å²) in [6, 6.07) is 5.62. The van der Waals surface area contributed by atoms with Gasteiger partial charge in [0.1, 0.15) is 5.75 Å². The van der Waals surface area contributed by atoms with E-state index < -0.39 is 17.3 Å². The summed E-state index contributed by atoms with van der Waals surface area (Å²) >= 11 is 0. The molecule has 0 saturated carbocycles. The molecule has 0 aromatic heterocycles. The zero-order chi connectivity index (χ0) is 9.84. The van der Waals surface area contributed by atoms with E-state index in [1.807, 2.05) is 0 Å². The fourth-order valence-corrected chi connectivity index (χ4v) is 1.05. The standard InChI is InChI=1S/C7H5F2O3S/c8-7(9)12-5-1-3-6(4-2-5)13(10)11/h1,3-4,7,13H. The molecule has 0 heterocycles. The number of ether oxygens (including phenoxy) is 1. The van der Waals surface area contributed by atoms with E-state index >= 15 is 0 Å². The van der Waals surface area contributed by atoms with Crippen LogP contribution in [0.1, 0.15) is 0 Å². The normalized spacial score (nSPS) is 10.8. The zero-order valence-electron chi connectivity index (χ0n) is 6.24. The second-order valence-electron chi connectivity index (χ2n) is 2.05. The Bertz CT molecular complexity index is 337. The predicted molar refractivity (Wildman–Crippen MR) is 40.5 cm³/mol. The van der Waals surface area contributed by atoms with Crippen LogP contribution in [0.25, 0.3) is 0 Å². The third-order valence-electron chi connectivity index (χ3n) is 1.19. The molecule has 0 N–H and O–H groups in total. The van der Waals surface area contributed by atoms with Gasteiger partial charge in [0, 0.05) is 6.07 Å². The topological polar surface area (TPSA) is 43.4 Å². The monoisotopic (exact) mass is 207 g/mol. The van der Waals surface area contributed by atoms with Crippen LogP contribution in [-0.2, 0) is 10.7 Å². The molecule has 3 nitrogen and oxygen atoms in total. The maximum absolute atomic E-state index is 11.6. The average molecular weight is 207 g/mol. The van der Waals surface area contributed by atoms with Crippen molar-refractivity contribution < 1.29 is 21.9 Å². The molecule has 1 radical (unpaired) electrons. The molecular weight excluding hydrogens is 202 g/mol. The summed E-state index contributed by atoms with van der Waals surface area (Å²) in [5, 5.41) is 0. The molecule has 1 aromatic rings. The van der Waals surface area contributed by atoms with Gasteiger partial charge in [-0.25, -0.2) is 8.42 Å². The molecular formula is C7H5F2O3S. The molecule has 0 aliphatic carbocycles. The van der Waals surface area contributed by atoms with E-state index in [0.29, 0.717) is 0 Å². The molecule has 1 rings (SSSR count). The van der Waals surface area contributed by atoms with Gasteiger partial charge < -0.3 is 4.74 Å². The number of halogens is 2. The lowest BCUT2D eigenvalue weighted by atomic mass is 10.3. The lowest BCUT2D eigenvalue weighted by Crippen LogP contribution is -2.01. The van der Waals surface area contributed by atoms with Crippen molar-refractivity contribution in [1.82, 2.24) is 0 Å². The molecule has 71 valence electrons. The number of alkyl halides is 2. The highest BCUT2D eigenvalue weighted by Gasteiger charge is 2.04. The summed E-state index contributed by atoms with van der Waals surface area (Å²) in [6.07, 6.45) is 0. The Morgan fingerprint density at radius 3 is 2.46 bits per heavy atom. The van der Waals surface area contributed by atoms with Crippen molar-refractivity contribution in [2.45, 2.75) is 11.5 Å². The summed E-state index contributed by atoms with van der Waals surface area (Å²) in [6.45, 7) is -2.93. The van der Waals surface area contributed by atoms with Gasteiger partial charge in [-0.2, -0.15) is 8.78 Å². The predicted octanol–water partition coefficient (Wildman–Crippen LogP) is 1.06. The number of hydrogen-bond acceptors (Lipinski definition) is 3. The second kappa shape index (κ2) is 4.18. The maximum Gasteiger partial charge on any atom is 0.387 e. The summed E-state index contributed by atoms with van der Waals surface area (Å²) < 4.78 is 47.9. The fraction of sp³-hybridized carbons (Fsp3) is 0.143. The molecule has 13 heavy (non-hydrogen) atoms. The van der Waals surface area contributed by atoms with Gasteiger partial charge in [-0.15, -0.1) is 0 Å². The molecule has 0 atom stereocenters. The van der Waals surface area contributed by atoms with Crippen LogP contribution in [0.2, 0.25) is 0 Å². The molecule has 0 fully saturated rings. The van der Waals surface area contributed by atoms with Crippen molar-refractivity contribution >= 4 is 10.7 Å². The van der Waals surface area contributed by atoms with Gasteiger partial charge in [-0.3, -0.25) is 0 Å². The Labute approximate surface area is 74.9 Å². The molecule has 0 spiro atoms. The molecule has 0 bridgehead atoms. The van der Waals surface area contributed by atoms with Crippen molar-refractivity contribution in [2.24, 2.45) is 0 Å². The zero-order valence-corrected chi connectivity index (χ0v) is 7.13. The van der Waals surface area contributed by atoms with E-state index in [1.165, 1.54) is 6.07 Å². The van der Waals surface area contributed by atoms with Crippen molar-refractivity contribution in [2.75, 3.05) is 0 Å². The van der Waals surface area contributed by atoms with Crippen LogP contribution < -0.4 is 4.74 Å². The third kappa shape index (κ3) is 2.98. The minimum Gasteiger partial charge on any atom is -0.434 e. The van der Waals surface area contributed by atoms with Crippen LogP contribution in [0.4, 0.5) is 8.78 Å². The maximum atomic E-state index is 11.6. The largest absolute Gasteiger partial charge is 0.434 e. The fourth-order valence-electron chi connectivity index (χ4n) is 0.685. The van der Waals surface area contributed by atoms with Gasteiger partial charge >= 0.3 is 6.61 Å². The van der Waals surface area contributed by atoms with Gasteiger partial charge in [0.25, 0.3) is 0 Å². The average Bonchev–Trinajstić information content (AvgIpc) is 2.04. The first-order valence-corrected chi connectivity index (χ1v) is 4.38. The summed E-state index contributed by atoms with van der Waals surface area (Å²) in [7, 11) is -2.70. The highest BCUT2D eigenvalue weighted by atomic mass is 32.2. The summed E-state index contributed by atoms with van der Waals surface area (Å²) in [4.78, 5) is 0.0108. The van der Waals surface area contributed by atoms with Crippen molar-refractivity contribution in [3.05, 3.63) is 24.3 Å². The van der Waals surface area contributed by atoms with Crippen LogP contribution in [0.15, 0.2) is 23.1 Å². The number of rotatable bonds is 3. The van der Waals surface area contributed by atoms with Crippen molar-refractivity contribution in [1.29, 1.82) is 0 Å². The van der Waals surface area contributed by atoms with E-state index in [9.17, 15) is 17.2 Å². The van der Waals surface area contributed by atoms with Crippen LogP contribution in [-0.4, -0.2) is 15.0 Å².